The lowest BCUT2D eigenvalue weighted by Gasteiger charge is -2.14. The number of nitrogens with one attached hydrogen (secondary N) is 3. The summed E-state index contributed by atoms with van der Waals surface area (Å²) in [6.45, 7) is 0.986. The van der Waals surface area contributed by atoms with Crippen LogP contribution in [0.4, 0.5) is 5.69 Å². The maximum absolute atomic E-state index is 13.0. The van der Waals surface area contributed by atoms with Crippen LogP contribution in [0.15, 0.2) is 83.8 Å². The molecular formula is C25H25N3O4S. The van der Waals surface area contributed by atoms with Gasteiger partial charge < -0.3 is 10.6 Å². The molecule has 1 aliphatic heterocycles. The minimum Gasteiger partial charge on any atom is -0.355 e. The van der Waals surface area contributed by atoms with E-state index in [9.17, 15) is 18.0 Å². The fraction of sp³-hybridized carbons (Fsp3) is 0.200. The molecule has 1 saturated heterocycles. The Hall–Kier alpha value is -3.65. The maximum atomic E-state index is 13.0. The minimum atomic E-state index is -3.90. The molecule has 0 spiro atoms. The van der Waals surface area contributed by atoms with Gasteiger partial charge in [-0.25, -0.2) is 8.42 Å². The van der Waals surface area contributed by atoms with E-state index in [1.54, 1.807) is 36.4 Å². The van der Waals surface area contributed by atoms with Crippen LogP contribution in [0.25, 0.3) is 0 Å². The van der Waals surface area contributed by atoms with Gasteiger partial charge in [-0.2, -0.15) is 0 Å². The zero-order valence-corrected chi connectivity index (χ0v) is 18.8. The predicted octanol–water partition coefficient (Wildman–Crippen LogP) is 3.06. The van der Waals surface area contributed by atoms with Crippen molar-refractivity contribution in [3.63, 3.8) is 0 Å². The van der Waals surface area contributed by atoms with Gasteiger partial charge in [0.1, 0.15) is 0 Å². The molecule has 4 rings (SSSR count). The lowest BCUT2D eigenvalue weighted by molar-refractivity contribution is -0.119. The summed E-state index contributed by atoms with van der Waals surface area (Å²) in [5.74, 6) is -0.308. The van der Waals surface area contributed by atoms with Crippen LogP contribution in [-0.2, 0) is 21.2 Å². The van der Waals surface area contributed by atoms with E-state index >= 15 is 0 Å². The summed E-state index contributed by atoms with van der Waals surface area (Å²) in [4.78, 5) is 24.2. The van der Waals surface area contributed by atoms with Gasteiger partial charge in [0.2, 0.25) is 5.91 Å². The zero-order chi connectivity index (χ0) is 23.3. The monoisotopic (exact) mass is 463 g/mol. The molecule has 1 heterocycles. The van der Waals surface area contributed by atoms with Crippen molar-refractivity contribution in [1.82, 2.24) is 10.6 Å². The van der Waals surface area contributed by atoms with Crippen molar-refractivity contribution in [2.75, 3.05) is 17.8 Å². The third kappa shape index (κ3) is 5.59. The summed E-state index contributed by atoms with van der Waals surface area (Å²) < 4.78 is 28.4. The Morgan fingerprint density at radius 3 is 2.33 bits per heavy atom. The van der Waals surface area contributed by atoms with Gasteiger partial charge >= 0.3 is 0 Å². The maximum Gasteiger partial charge on any atom is 0.261 e. The SMILES string of the molecule is O=C1C[C@H](c2ccc(S(=O)(=O)Nc3ccccc3C(=O)NCCc3ccccc3)cc2)CN1. The Labute approximate surface area is 193 Å². The van der Waals surface area contributed by atoms with Crippen LogP contribution in [0.1, 0.15) is 33.8 Å². The van der Waals surface area contributed by atoms with Crippen LogP contribution in [0, 0.1) is 0 Å². The van der Waals surface area contributed by atoms with Crippen LogP contribution < -0.4 is 15.4 Å². The summed E-state index contributed by atoms with van der Waals surface area (Å²) in [5.41, 5.74) is 2.48. The molecule has 33 heavy (non-hydrogen) atoms. The Kier molecular flexibility index (Phi) is 6.74. The van der Waals surface area contributed by atoms with Gasteiger partial charge in [0.15, 0.2) is 0 Å². The smallest absolute Gasteiger partial charge is 0.261 e. The molecule has 1 atom stereocenters. The largest absolute Gasteiger partial charge is 0.355 e. The van der Waals surface area contributed by atoms with Gasteiger partial charge in [-0.3, -0.25) is 14.3 Å². The molecule has 0 aromatic heterocycles. The third-order valence-corrected chi connectivity index (χ3v) is 6.98. The second-order valence-electron chi connectivity index (χ2n) is 7.92. The fourth-order valence-electron chi connectivity index (χ4n) is 3.79. The number of benzene rings is 3. The first-order valence-electron chi connectivity index (χ1n) is 10.7. The lowest BCUT2D eigenvalue weighted by atomic mass is 9.99. The molecule has 170 valence electrons. The van der Waals surface area contributed by atoms with Crippen LogP contribution in [0.5, 0.6) is 0 Å². The van der Waals surface area contributed by atoms with Crippen LogP contribution in [0.3, 0.4) is 0 Å². The summed E-state index contributed by atoms with van der Waals surface area (Å²) in [6, 6.07) is 22.8. The summed E-state index contributed by atoms with van der Waals surface area (Å²) in [7, 11) is -3.90. The van der Waals surface area contributed by atoms with E-state index in [1.807, 2.05) is 30.3 Å². The Balaban J connectivity index is 1.44. The molecule has 0 saturated carbocycles. The summed E-state index contributed by atoms with van der Waals surface area (Å²) in [5, 5.41) is 5.63. The summed E-state index contributed by atoms with van der Waals surface area (Å²) >= 11 is 0. The van der Waals surface area contributed by atoms with E-state index in [0.717, 1.165) is 11.1 Å². The number of carbonyl (C=O) groups is 2. The van der Waals surface area contributed by atoms with Gasteiger partial charge in [0.05, 0.1) is 16.1 Å². The van der Waals surface area contributed by atoms with Gasteiger partial charge in [-0.15, -0.1) is 0 Å². The number of rotatable bonds is 8. The van der Waals surface area contributed by atoms with E-state index in [1.165, 1.54) is 12.1 Å². The molecule has 8 heteroatoms. The molecular weight excluding hydrogens is 438 g/mol. The molecule has 3 N–H and O–H groups in total. The first-order valence-corrected chi connectivity index (χ1v) is 12.2. The van der Waals surface area contributed by atoms with E-state index < -0.39 is 10.0 Å². The normalized spacial score (nSPS) is 15.6. The lowest BCUT2D eigenvalue weighted by Crippen LogP contribution is -2.27. The first kappa shape index (κ1) is 22.5. The van der Waals surface area contributed by atoms with E-state index in [2.05, 4.69) is 15.4 Å². The number of anilines is 1. The van der Waals surface area contributed by atoms with Crippen LogP contribution in [-0.4, -0.2) is 33.3 Å². The Morgan fingerprint density at radius 2 is 1.64 bits per heavy atom. The fourth-order valence-corrected chi connectivity index (χ4v) is 4.87. The first-order chi connectivity index (χ1) is 15.9. The van der Waals surface area contributed by atoms with Crippen molar-refractivity contribution in [3.05, 3.63) is 95.6 Å². The highest BCUT2D eigenvalue weighted by atomic mass is 32.2. The van der Waals surface area contributed by atoms with E-state index in [-0.39, 0.29) is 33.9 Å². The molecule has 0 unspecified atom stereocenters. The van der Waals surface area contributed by atoms with Crippen molar-refractivity contribution >= 4 is 27.5 Å². The number of hydrogen-bond donors (Lipinski definition) is 3. The highest BCUT2D eigenvalue weighted by molar-refractivity contribution is 7.92. The molecule has 3 aromatic carbocycles. The topological polar surface area (TPSA) is 104 Å². The van der Waals surface area contributed by atoms with Crippen LogP contribution in [0.2, 0.25) is 0 Å². The highest BCUT2D eigenvalue weighted by Gasteiger charge is 2.24. The van der Waals surface area contributed by atoms with Crippen molar-refractivity contribution in [2.24, 2.45) is 0 Å². The molecule has 1 aliphatic rings. The number of sulfonamides is 1. The van der Waals surface area contributed by atoms with E-state index in [4.69, 9.17) is 0 Å². The number of carbonyl (C=O) groups excluding carboxylic acids is 2. The van der Waals surface area contributed by atoms with Crippen molar-refractivity contribution < 1.29 is 18.0 Å². The van der Waals surface area contributed by atoms with Gasteiger partial charge in [0, 0.05) is 25.4 Å². The number of amides is 2. The number of para-hydroxylation sites is 1. The molecule has 7 nitrogen and oxygen atoms in total. The van der Waals surface area contributed by atoms with Crippen molar-refractivity contribution in [1.29, 1.82) is 0 Å². The average molecular weight is 464 g/mol. The Morgan fingerprint density at radius 1 is 0.939 bits per heavy atom. The molecule has 1 fully saturated rings. The highest BCUT2D eigenvalue weighted by Crippen LogP contribution is 2.25. The number of hydrogen-bond acceptors (Lipinski definition) is 4. The zero-order valence-electron chi connectivity index (χ0n) is 18.0. The second-order valence-corrected chi connectivity index (χ2v) is 9.60. The van der Waals surface area contributed by atoms with Gasteiger partial charge in [-0.05, 0) is 41.8 Å². The minimum absolute atomic E-state index is 0.00276. The van der Waals surface area contributed by atoms with Crippen LogP contribution >= 0.6 is 0 Å². The molecule has 0 bridgehead atoms. The van der Waals surface area contributed by atoms with Gasteiger partial charge in [0.25, 0.3) is 15.9 Å². The molecule has 0 radical (unpaired) electrons. The quantitative estimate of drug-likeness (QED) is 0.478. The molecule has 0 aliphatic carbocycles. The third-order valence-electron chi connectivity index (χ3n) is 5.60. The van der Waals surface area contributed by atoms with Crippen molar-refractivity contribution in [3.8, 4) is 0 Å². The standard InChI is InChI=1S/C25H25N3O4S/c29-24-16-20(17-27-24)19-10-12-21(13-11-19)33(31,32)28-23-9-5-4-8-22(23)25(30)26-15-14-18-6-2-1-3-7-18/h1-13,20,28H,14-17H2,(H,26,30)(H,27,29)/t20-/m0/s1. The Bertz CT molecular complexity index is 1240. The van der Waals surface area contributed by atoms with Gasteiger partial charge in [-0.1, -0.05) is 54.6 Å². The predicted molar refractivity (Wildman–Crippen MR) is 127 cm³/mol. The average Bonchev–Trinajstić information content (AvgIpc) is 3.26. The van der Waals surface area contributed by atoms with Crippen molar-refractivity contribution in [2.45, 2.75) is 23.7 Å². The summed E-state index contributed by atoms with van der Waals surface area (Å²) in [6.07, 6.45) is 1.08. The second kappa shape index (κ2) is 9.87. The molecule has 2 amide bonds. The molecule has 3 aromatic rings. The van der Waals surface area contributed by atoms with E-state index in [0.29, 0.717) is 25.9 Å².